The molecular formula is C19H26N2O3. The van der Waals surface area contributed by atoms with Crippen molar-refractivity contribution in [1.82, 2.24) is 9.80 Å². The molecule has 0 aromatic heterocycles. The van der Waals surface area contributed by atoms with E-state index in [0.29, 0.717) is 32.7 Å². The monoisotopic (exact) mass is 330 g/mol. The van der Waals surface area contributed by atoms with Crippen LogP contribution >= 0.6 is 0 Å². The second-order valence-electron chi connectivity index (χ2n) is 6.69. The standard InChI is InChI=1S/C19H26N2O3/c1-2-18(22)20-10-6-9-16(11-20)19(23)21-12-17(13-21)24-14-15-7-4-3-5-8-15/h3-5,7-8,16-17H,2,6,9-14H2,1H3. The second-order valence-corrected chi connectivity index (χ2v) is 6.69. The number of hydrogen-bond acceptors (Lipinski definition) is 3. The van der Waals surface area contributed by atoms with Gasteiger partial charge in [-0.25, -0.2) is 0 Å². The SMILES string of the molecule is CCC(=O)N1CCCC(C(=O)N2CC(OCc3ccccc3)C2)C1. The Morgan fingerprint density at radius 2 is 1.88 bits per heavy atom. The molecule has 0 N–H and O–H groups in total. The Hall–Kier alpha value is -1.88. The molecular weight excluding hydrogens is 304 g/mol. The van der Waals surface area contributed by atoms with Crippen LogP contribution < -0.4 is 0 Å². The van der Waals surface area contributed by atoms with Crippen molar-refractivity contribution in [3.05, 3.63) is 35.9 Å². The van der Waals surface area contributed by atoms with Crippen LogP contribution in [0.2, 0.25) is 0 Å². The zero-order valence-electron chi connectivity index (χ0n) is 14.3. The van der Waals surface area contributed by atoms with E-state index in [4.69, 9.17) is 4.74 Å². The van der Waals surface area contributed by atoms with Gasteiger partial charge < -0.3 is 14.5 Å². The summed E-state index contributed by atoms with van der Waals surface area (Å²) in [6, 6.07) is 10.1. The Balaban J connectivity index is 1.42. The van der Waals surface area contributed by atoms with E-state index < -0.39 is 0 Å². The molecule has 0 bridgehead atoms. The smallest absolute Gasteiger partial charge is 0.227 e. The highest BCUT2D eigenvalue weighted by molar-refractivity contribution is 5.82. The lowest BCUT2D eigenvalue weighted by Crippen LogP contribution is -2.58. The van der Waals surface area contributed by atoms with Gasteiger partial charge in [0.15, 0.2) is 0 Å². The Labute approximate surface area is 143 Å². The molecule has 2 heterocycles. The molecule has 1 atom stereocenters. The fraction of sp³-hybridized carbons (Fsp3) is 0.579. The van der Waals surface area contributed by atoms with E-state index in [1.807, 2.05) is 47.1 Å². The number of benzene rings is 1. The van der Waals surface area contributed by atoms with Crippen molar-refractivity contribution in [2.24, 2.45) is 5.92 Å². The van der Waals surface area contributed by atoms with E-state index in [-0.39, 0.29) is 23.8 Å². The maximum atomic E-state index is 12.6. The molecule has 2 fully saturated rings. The van der Waals surface area contributed by atoms with Gasteiger partial charge in [-0.05, 0) is 18.4 Å². The average Bonchev–Trinajstić information content (AvgIpc) is 2.60. The zero-order valence-corrected chi connectivity index (χ0v) is 14.3. The number of rotatable bonds is 5. The Morgan fingerprint density at radius 3 is 2.58 bits per heavy atom. The lowest BCUT2D eigenvalue weighted by Gasteiger charge is -2.42. The topological polar surface area (TPSA) is 49.9 Å². The molecule has 24 heavy (non-hydrogen) atoms. The maximum absolute atomic E-state index is 12.6. The van der Waals surface area contributed by atoms with Gasteiger partial charge >= 0.3 is 0 Å². The average molecular weight is 330 g/mol. The van der Waals surface area contributed by atoms with Gasteiger partial charge in [0.1, 0.15) is 0 Å². The Bertz CT molecular complexity index is 569. The van der Waals surface area contributed by atoms with Gasteiger partial charge in [-0.2, -0.15) is 0 Å². The van der Waals surface area contributed by atoms with Crippen molar-refractivity contribution in [1.29, 1.82) is 0 Å². The molecule has 3 rings (SSSR count). The number of carbonyl (C=O) groups excluding carboxylic acids is 2. The molecule has 0 spiro atoms. The second kappa shape index (κ2) is 7.79. The van der Waals surface area contributed by atoms with Crippen molar-refractivity contribution in [2.75, 3.05) is 26.2 Å². The summed E-state index contributed by atoms with van der Waals surface area (Å²) >= 11 is 0. The van der Waals surface area contributed by atoms with Crippen molar-refractivity contribution in [2.45, 2.75) is 38.9 Å². The summed E-state index contributed by atoms with van der Waals surface area (Å²) < 4.78 is 5.85. The number of nitrogens with zero attached hydrogens (tertiary/aromatic N) is 2. The third-order valence-corrected chi connectivity index (χ3v) is 4.91. The maximum Gasteiger partial charge on any atom is 0.227 e. The van der Waals surface area contributed by atoms with E-state index in [9.17, 15) is 9.59 Å². The van der Waals surface area contributed by atoms with Crippen LogP contribution in [-0.2, 0) is 20.9 Å². The molecule has 2 saturated heterocycles. The molecule has 1 aromatic carbocycles. The molecule has 1 unspecified atom stereocenters. The third kappa shape index (κ3) is 3.96. The number of likely N-dealkylation sites (tertiary alicyclic amines) is 2. The van der Waals surface area contributed by atoms with Gasteiger partial charge in [0.2, 0.25) is 11.8 Å². The van der Waals surface area contributed by atoms with Gasteiger partial charge in [0.25, 0.3) is 0 Å². The van der Waals surface area contributed by atoms with Crippen LogP contribution in [0, 0.1) is 5.92 Å². The lowest BCUT2D eigenvalue weighted by atomic mass is 9.94. The first-order valence-corrected chi connectivity index (χ1v) is 8.89. The highest BCUT2D eigenvalue weighted by Crippen LogP contribution is 2.23. The number of carbonyl (C=O) groups is 2. The molecule has 0 saturated carbocycles. The molecule has 0 radical (unpaired) electrons. The highest BCUT2D eigenvalue weighted by Gasteiger charge is 2.37. The quantitative estimate of drug-likeness (QED) is 0.830. The minimum absolute atomic E-state index is 0.0377. The predicted octanol–water partition coefficient (Wildman–Crippen LogP) is 2.06. The summed E-state index contributed by atoms with van der Waals surface area (Å²) in [5, 5.41) is 0. The van der Waals surface area contributed by atoms with Crippen molar-refractivity contribution in [3.63, 3.8) is 0 Å². The molecule has 5 nitrogen and oxygen atoms in total. The summed E-state index contributed by atoms with van der Waals surface area (Å²) in [5.74, 6) is 0.299. The van der Waals surface area contributed by atoms with Gasteiger partial charge in [0, 0.05) is 32.6 Å². The minimum atomic E-state index is -0.0377. The molecule has 2 aliphatic rings. The fourth-order valence-corrected chi connectivity index (χ4v) is 3.40. The first-order chi connectivity index (χ1) is 11.7. The predicted molar refractivity (Wildman–Crippen MR) is 91.2 cm³/mol. The molecule has 130 valence electrons. The van der Waals surface area contributed by atoms with Crippen LogP contribution in [0.1, 0.15) is 31.7 Å². The zero-order chi connectivity index (χ0) is 16.9. The number of ether oxygens (including phenoxy) is 1. The van der Waals surface area contributed by atoms with E-state index in [0.717, 1.165) is 24.9 Å². The molecule has 1 aromatic rings. The van der Waals surface area contributed by atoms with Gasteiger partial charge in [-0.1, -0.05) is 37.3 Å². The van der Waals surface area contributed by atoms with Crippen molar-refractivity contribution < 1.29 is 14.3 Å². The summed E-state index contributed by atoms with van der Waals surface area (Å²) in [5.41, 5.74) is 1.16. The van der Waals surface area contributed by atoms with Gasteiger partial charge in [-0.3, -0.25) is 9.59 Å². The molecule has 0 aliphatic carbocycles. The third-order valence-electron chi connectivity index (χ3n) is 4.91. The van der Waals surface area contributed by atoms with Crippen molar-refractivity contribution in [3.8, 4) is 0 Å². The number of amides is 2. The highest BCUT2D eigenvalue weighted by atomic mass is 16.5. The van der Waals surface area contributed by atoms with E-state index in [2.05, 4.69) is 0 Å². The van der Waals surface area contributed by atoms with E-state index >= 15 is 0 Å². The largest absolute Gasteiger partial charge is 0.370 e. The first kappa shape index (κ1) is 17.0. The van der Waals surface area contributed by atoms with Crippen LogP contribution in [0.15, 0.2) is 30.3 Å². The summed E-state index contributed by atoms with van der Waals surface area (Å²) in [6.45, 7) is 5.18. The Morgan fingerprint density at radius 1 is 1.12 bits per heavy atom. The molecule has 2 aliphatic heterocycles. The van der Waals surface area contributed by atoms with Crippen LogP contribution in [-0.4, -0.2) is 53.9 Å². The summed E-state index contributed by atoms with van der Waals surface area (Å²) in [6.07, 6.45) is 2.45. The van der Waals surface area contributed by atoms with E-state index in [1.54, 1.807) is 0 Å². The van der Waals surface area contributed by atoms with Crippen LogP contribution in [0.5, 0.6) is 0 Å². The van der Waals surface area contributed by atoms with Crippen molar-refractivity contribution >= 4 is 11.8 Å². The minimum Gasteiger partial charge on any atom is -0.370 e. The van der Waals surface area contributed by atoms with E-state index in [1.165, 1.54) is 0 Å². The van der Waals surface area contributed by atoms with Gasteiger partial charge in [-0.15, -0.1) is 0 Å². The Kier molecular flexibility index (Phi) is 5.51. The fourth-order valence-electron chi connectivity index (χ4n) is 3.40. The first-order valence-electron chi connectivity index (χ1n) is 8.89. The number of piperidine rings is 1. The van der Waals surface area contributed by atoms with Gasteiger partial charge in [0.05, 0.1) is 18.6 Å². The summed E-state index contributed by atoms with van der Waals surface area (Å²) in [7, 11) is 0. The summed E-state index contributed by atoms with van der Waals surface area (Å²) in [4.78, 5) is 28.1. The normalized spacial score (nSPS) is 21.5. The van der Waals surface area contributed by atoms with Crippen LogP contribution in [0.4, 0.5) is 0 Å². The lowest BCUT2D eigenvalue weighted by molar-refractivity contribution is -0.153. The number of hydrogen-bond donors (Lipinski definition) is 0. The molecule has 5 heteroatoms. The van der Waals surface area contributed by atoms with Crippen LogP contribution in [0.3, 0.4) is 0 Å². The van der Waals surface area contributed by atoms with Crippen LogP contribution in [0.25, 0.3) is 0 Å². The molecule has 2 amide bonds.